The van der Waals surface area contributed by atoms with E-state index in [0.29, 0.717) is 11.6 Å². The molecule has 1 aliphatic carbocycles. The van der Waals surface area contributed by atoms with Gasteiger partial charge in [0, 0.05) is 19.3 Å². The van der Waals surface area contributed by atoms with Crippen LogP contribution in [0, 0.1) is 5.92 Å². The van der Waals surface area contributed by atoms with Crippen LogP contribution in [-0.2, 0) is 0 Å². The number of hydrogen-bond acceptors (Lipinski definition) is 3. The lowest BCUT2D eigenvalue weighted by Gasteiger charge is -2.33. The monoisotopic (exact) mass is 248 g/mol. The van der Waals surface area contributed by atoms with Crippen molar-refractivity contribution in [2.45, 2.75) is 38.6 Å². The molecular formula is C14H20N2O2. The predicted molar refractivity (Wildman–Crippen MR) is 69.4 cm³/mol. The minimum absolute atomic E-state index is 0.0430. The third kappa shape index (κ3) is 2.63. The van der Waals surface area contributed by atoms with Crippen LogP contribution in [0.1, 0.15) is 43.0 Å². The van der Waals surface area contributed by atoms with Gasteiger partial charge in [0.25, 0.3) is 5.91 Å². The molecule has 1 amide bonds. The highest BCUT2D eigenvalue weighted by molar-refractivity contribution is 5.96. The predicted octanol–water partition coefficient (Wildman–Crippen LogP) is 2.44. The zero-order valence-electron chi connectivity index (χ0n) is 11.0. The van der Waals surface area contributed by atoms with E-state index >= 15 is 0 Å². The Bertz CT molecular complexity index is 426. The van der Waals surface area contributed by atoms with Crippen LogP contribution in [0.15, 0.2) is 18.5 Å². The minimum atomic E-state index is -0.116. The number of nitrogens with zero attached hydrogens (tertiary/aromatic N) is 2. The summed E-state index contributed by atoms with van der Waals surface area (Å²) in [5, 5.41) is 9.66. The molecule has 1 aliphatic rings. The van der Waals surface area contributed by atoms with Gasteiger partial charge in [-0.1, -0.05) is 6.92 Å². The molecule has 1 heterocycles. The van der Waals surface area contributed by atoms with Crippen LogP contribution in [0.2, 0.25) is 0 Å². The maximum Gasteiger partial charge on any atom is 0.257 e. The summed E-state index contributed by atoms with van der Waals surface area (Å²) in [6.45, 7) is 2.26. The number of aromatic nitrogens is 1. The Morgan fingerprint density at radius 3 is 2.67 bits per heavy atom. The molecule has 0 bridgehead atoms. The fourth-order valence-corrected chi connectivity index (χ4v) is 2.55. The Morgan fingerprint density at radius 2 is 2.06 bits per heavy atom. The van der Waals surface area contributed by atoms with Crippen molar-refractivity contribution in [1.82, 2.24) is 9.88 Å². The molecule has 0 unspecified atom stereocenters. The summed E-state index contributed by atoms with van der Waals surface area (Å²) in [6.07, 6.45) is 7.29. The smallest absolute Gasteiger partial charge is 0.257 e. The maximum atomic E-state index is 12.3. The molecule has 1 saturated carbocycles. The largest absolute Gasteiger partial charge is 0.505 e. The summed E-state index contributed by atoms with van der Waals surface area (Å²) in [4.78, 5) is 17.8. The Morgan fingerprint density at radius 1 is 1.39 bits per heavy atom. The second kappa shape index (κ2) is 5.38. The van der Waals surface area contributed by atoms with Crippen LogP contribution in [-0.4, -0.2) is 34.0 Å². The van der Waals surface area contributed by atoms with Crippen molar-refractivity contribution in [3.8, 4) is 5.75 Å². The van der Waals surface area contributed by atoms with Gasteiger partial charge in [0.1, 0.15) is 5.75 Å². The molecule has 1 aromatic heterocycles. The molecule has 0 atom stereocenters. The van der Waals surface area contributed by atoms with E-state index in [-0.39, 0.29) is 11.7 Å². The first kappa shape index (κ1) is 12.9. The van der Waals surface area contributed by atoms with Crippen molar-refractivity contribution in [3.05, 3.63) is 24.0 Å². The molecule has 0 saturated heterocycles. The van der Waals surface area contributed by atoms with Crippen LogP contribution >= 0.6 is 0 Å². The molecule has 0 radical (unpaired) electrons. The molecule has 98 valence electrons. The van der Waals surface area contributed by atoms with Crippen molar-refractivity contribution in [2.75, 3.05) is 7.05 Å². The maximum absolute atomic E-state index is 12.3. The van der Waals surface area contributed by atoms with Crippen LogP contribution in [0.3, 0.4) is 0 Å². The van der Waals surface area contributed by atoms with Gasteiger partial charge in [0.15, 0.2) is 0 Å². The molecule has 4 nitrogen and oxygen atoms in total. The highest BCUT2D eigenvalue weighted by Gasteiger charge is 2.26. The Hall–Kier alpha value is -1.58. The summed E-state index contributed by atoms with van der Waals surface area (Å²) in [5.74, 6) is 0.604. The molecule has 2 rings (SSSR count). The molecule has 0 spiro atoms. The highest BCUT2D eigenvalue weighted by atomic mass is 16.3. The number of rotatable bonds is 2. The van der Waals surface area contributed by atoms with Gasteiger partial charge in [-0.05, 0) is 37.7 Å². The van der Waals surface area contributed by atoms with E-state index in [9.17, 15) is 9.90 Å². The molecule has 4 heteroatoms. The Balaban J connectivity index is 2.07. The van der Waals surface area contributed by atoms with Crippen molar-refractivity contribution in [3.63, 3.8) is 0 Å². The van der Waals surface area contributed by atoms with Gasteiger partial charge in [-0.3, -0.25) is 9.78 Å². The Labute approximate surface area is 108 Å². The third-order valence-electron chi connectivity index (χ3n) is 3.88. The standard InChI is InChI=1S/C14H20N2O2/c1-10-3-5-11(6-4-10)16(2)14(18)12-7-8-15-9-13(12)17/h7-11,17H,3-6H2,1-2H3. The van der Waals surface area contributed by atoms with E-state index in [0.717, 1.165) is 18.8 Å². The lowest BCUT2D eigenvalue weighted by Crippen LogP contribution is -2.39. The summed E-state index contributed by atoms with van der Waals surface area (Å²) in [6, 6.07) is 1.86. The minimum Gasteiger partial charge on any atom is -0.505 e. The SMILES string of the molecule is CC1CCC(N(C)C(=O)c2ccncc2O)CC1. The number of hydrogen-bond donors (Lipinski definition) is 1. The van der Waals surface area contributed by atoms with Crippen LogP contribution in [0.25, 0.3) is 0 Å². The van der Waals surface area contributed by atoms with E-state index < -0.39 is 0 Å². The van der Waals surface area contributed by atoms with E-state index in [4.69, 9.17) is 0 Å². The first-order valence-electron chi connectivity index (χ1n) is 6.49. The van der Waals surface area contributed by atoms with E-state index in [1.54, 1.807) is 11.0 Å². The van der Waals surface area contributed by atoms with Crippen molar-refractivity contribution >= 4 is 5.91 Å². The fraction of sp³-hybridized carbons (Fsp3) is 0.571. The van der Waals surface area contributed by atoms with Gasteiger partial charge in [-0.25, -0.2) is 0 Å². The van der Waals surface area contributed by atoms with Crippen LogP contribution < -0.4 is 0 Å². The highest BCUT2D eigenvalue weighted by Crippen LogP contribution is 2.28. The van der Waals surface area contributed by atoms with Gasteiger partial charge in [-0.2, -0.15) is 0 Å². The molecule has 0 aromatic carbocycles. The van der Waals surface area contributed by atoms with Crippen molar-refractivity contribution in [1.29, 1.82) is 0 Å². The normalized spacial score (nSPS) is 23.7. The van der Waals surface area contributed by atoms with Gasteiger partial charge >= 0.3 is 0 Å². The number of carbonyl (C=O) groups is 1. The summed E-state index contributed by atoms with van der Waals surface area (Å²) in [7, 11) is 1.82. The molecule has 1 fully saturated rings. The van der Waals surface area contributed by atoms with Crippen LogP contribution in [0.5, 0.6) is 5.75 Å². The number of aromatic hydroxyl groups is 1. The summed E-state index contributed by atoms with van der Waals surface area (Å²) in [5.41, 5.74) is 0.339. The topological polar surface area (TPSA) is 53.4 Å². The zero-order valence-corrected chi connectivity index (χ0v) is 11.0. The Kier molecular flexibility index (Phi) is 3.84. The number of carbonyl (C=O) groups excluding carboxylic acids is 1. The summed E-state index contributed by atoms with van der Waals surface area (Å²) < 4.78 is 0. The van der Waals surface area contributed by atoms with Gasteiger partial charge in [0.05, 0.1) is 11.8 Å². The van der Waals surface area contributed by atoms with Gasteiger partial charge in [-0.15, -0.1) is 0 Å². The lowest BCUT2D eigenvalue weighted by molar-refractivity contribution is 0.0676. The van der Waals surface area contributed by atoms with E-state index in [2.05, 4.69) is 11.9 Å². The fourth-order valence-electron chi connectivity index (χ4n) is 2.55. The molecule has 18 heavy (non-hydrogen) atoms. The average Bonchev–Trinajstić information content (AvgIpc) is 2.38. The molecule has 1 aromatic rings. The number of amides is 1. The lowest BCUT2D eigenvalue weighted by atomic mass is 9.86. The molecular weight excluding hydrogens is 228 g/mol. The second-order valence-corrected chi connectivity index (χ2v) is 5.22. The van der Waals surface area contributed by atoms with Crippen molar-refractivity contribution in [2.24, 2.45) is 5.92 Å². The molecule has 0 aliphatic heterocycles. The second-order valence-electron chi connectivity index (χ2n) is 5.22. The van der Waals surface area contributed by atoms with Gasteiger partial charge in [0.2, 0.25) is 0 Å². The van der Waals surface area contributed by atoms with Crippen molar-refractivity contribution < 1.29 is 9.90 Å². The average molecular weight is 248 g/mol. The first-order chi connectivity index (χ1) is 8.59. The van der Waals surface area contributed by atoms with Gasteiger partial charge < -0.3 is 10.0 Å². The third-order valence-corrected chi connectivity index (χ3v) is 3.88. The van der Waals surface area contributed by atoms with E-state index in [1.807, 2.05) is 7.05 Å². The number of pyridine rings is 1. The quantitative estimate of drug-likeness (QED) is 0.874. The zero-order chi connectivity index (χ0) is 13.1. The van der Waals surface area contributed by atoms with E-state index in [1.165, 1.54) is 25.2 Å². The molecule has 1 N–H and O–H groups in total. The van der Waals surface area contributed by atoms with Crippen LogP contribution in [0.4, 0.5) is 0 Å². The first-order valence-corrected chi connectivity index (χ1v) is 6.49. The summed E-state index contributed by atoms with van der Waals surface area (Å²) >= 11 is 0.